The lowest BCUT2D eigenvalue weighted by molar-refractivity contribution is -0.717. The van der Waals surface area contributed by atoms with Crippen molar-refractivity contribution in [3.63, 3.8) is 0 Å². The minimum absolute atomic E-state index is 0.0210. The molecule has 0 amide bonds. The number of aromatic amines is 1. The van der Waals surface area contributed by atoms with Gasteiger partial charge in [-0.2, -0.15) is 0 Å². The minimum atomic E-state index is -1.17. The highest BCUT2D eigenvalue weighted by molar-refractivity contribution is 5.86. The molecule has 7 nitrogen and oxygen atoms in total. The maximum atomic E-state index is 11.5. The van der Waals surface area contributed by atoms with Gasteiger partial charge in [-0.05, 0) is 17.7 Å². The van der Waals surface area contributed by atoms with Gasteiger partial charge in [0.15, 0.2) is 6.04 Å². The summed E-state index contributed by atoms with van der Waals surface area (Å²) in [5, 5.41) is 25.5. The summed E-state index contributed by atoms with van der Waals surface area (Å²) in [6.45, 7) is 0. The Morgan fingerprint density at radius 3 is 2.64 bits per heavy atom. The van der Waals surface area contributed by atoms with E-state index in [-0.39, 0.29) is 5.69 Å². The summed E-state index contributed by atoms with van der Waals surface area (Å²) in [5.74, 6) is -1.17. The lowest BCUT2D eigenvalue weighted by atomic mass is 9.89. The van der Waals surface area contributed by atoms with Gasteiger partial charge >= 0.3 is 0 Å². The molecule has 0 saturated carbocycles. The first-order chi connectivity index (χ1) is 12.1. The largest absolute Gasteiger partial charge is 0.544 e. The summed E-state index contributed by atoms with van der Waals surface area (Å²) >= 11 is 0. The third-order valence-electron chi connectivity index (χ3n) is 4.78. The fourth-order valence-electron chi connectivity index (χ4n) is 3.66. The summed E-state index contributed by atoms with van der Waals surface area (Å²) < 4.78 is 0. The molecule has 1 aliphatic heterocycles. The molecule has 25 heavy (non-hydrogen) atoms. The van der Waals surface area contributed by atoms with Gasteiger partial charge in [0.1, 0.15) is 6.04 Å². The molecule has 3 N–H and O–H groups in total. The van der Waals surface area contributed by atoms with E-state index in [9.17, 15) is 20.0 Å². The van der Waals surface area contributed by atoms with Crippen LogP contribution in [0.15, 0.2) is 48.5 Å². The normalized spacial score (nSPS) is 19.5. The number of nitro benzene ring substituents is 1. The Bertz CT molecular complexity index is 995. The zero-order chi connectivity index (χ0) is 17.6. The monoisotopic (exact) mass is 337 g/mol. The molecule has 0 fully saturated rings. The lowest BCUT2D eigenvalue weighted by Crippen LogP contribution is -2.95. The first kappa shape index (κ1) is 15.3. The molecule has 2 atom stereocenters. The number of hydrogen-bond acceptors (Lipinski definition) is 4. The van der Waals surface area contributed by atoms with E-state index in [2.05, 4.69) is 4.98 Å². The van der Waals surface area contributed by atoms with Crippen molar-refractivity contribution >= 4 is 22.6 Å². The molecule has 7 heteroatoms. The molecule has 0 aliphatic carbocycles. The van der Waals surface area contributed by atoms with E-state index < -0.39 is 23.0 Å². The number of quaternary nitrogens is 1. The van der Waals surface area contributed by atoms with Gasteiger partial charge in [-0.1, -0.05) is 30.3 Å². The van der Waals surface area contributed by atoms with E-state index >= 15 is 0 Å². The second-order valence-electron chi connectivity index (χ2n) is 6.18. The summed E-state index contributed by atoms with van der Waals surface area (Å²) in [6, 6.07) is 12.8. The number of hydrogen-bond donors (Lipinski definition) is 2. The Hall–Kier alpha value is -3.19. The molecule has 3 aromatic rings. The van der Waals surface area contributed by atoms with E-state index in [4.69, 9.17) is 0 Å². The number of rotatable bonds is 3. The molecule has 126 valence electrons. The molecule has 1 aromatic heterocycles. The van der Waals surface area contributed by atoms with Crippen LogP contribution in [0.25, 0.3) is 10.9 Å². The van der Waals surface area contributed by atoms with Crippen molar-refractivity contribution in [2.24, 2.45) is 0 Å². The van der Waals surface area contributed by atoms with Crippen LogP contribution in [0, 0.1) is 10.1 Å². The topological polar surface area (TPSA) is 116 Å². The van der Waals surface area contributed by atoms with Crippen LogP contribution < -0.4 is 10.4 Å². The number of carbonyl (C=O) groups is 1. The number of nitrogens with two attached hydrogens (primary N) is 1. The quantitative estimate of drug-likeness (QED) is 0.532. The van der Waals surface area contributed by atoms with Crippen LogP contribution in [0.3, 0.4) is 0 Å². The molecule has 1 aliphatic rings. The molecular weight excluding hydrogens is 322 g/mol. The summed E-state index contributed by atoms with van der Waals surface area (Å²) in [4.78, 5) is 25.8. The van der Waals surface area contributed by atoms with E-state index in [1.165, 1.54) is 6.07 Å². The van der Waals surface area contributed by atoms with E-state index in [1.807, 2.05) is 24.3 Å². The number of nitrogens with one attached hydrogen (secondary N) is 1. The molecule has 0 saturated heterocycles. The molecule has 0 radical (unpaired) electrons. The van der Waals surface area contributed by atoms with E-state index in [0.717, 1.165) is 22.2 Å². The van der Waals surface area contributed by atoms with Crippen LogP contribution in [-0.4, -0.2) is 21.9 Å². The molecular formula is C18H15N3O4. The van der Waals surface area contributed by atoms with Crippen LogP contribution in [0.2, 0.25) is 0 Å². The average molecular weight is 337 g/mol. The SMILES string of the molecule is O=C([O-])[C@H]1Cc2c([nH]c3ccccc23)[C@@H](c2ccccc2[N+](=O)[O-])[NH2+]1. The van der Waals surface area contributed by atoms with Gasteiger partial charge in [0.25, 0.3) is 5.69 Å². The van der Waals surface area contributed by atoms with Gasteiger partial charge in [-0.25, -0.2) is 0 Å². The second-order valence-corrected chi connectivity index (χ2v) is 6.18. The maximum absolute atomic E-state index is 11.5. The van der Waals surface area contributed by atoms with Crippen LogP contribution in [-0.2, 0) is 11.2 Å². The van der Waals surface area contributed by atoms with Crippen molar-refractivity contribution in [3.8, 4) is 0 Å². The summed E-state index contributed by atoms with van der Waals surface area (Å²) in [5.41, 5.74) is 3.05. The van der Waals surface area contributed by atoms with Crippen LogP contribution in [0.4, 0.5) is 5.69 Å². The van der Waals surface area contributed by atoms with Gasteiger partial charge in [0.2, 0.25) is 0 Å². The zero-order valence-corrected chi connectivity index (χ0v) is 13.1. The van der Waals surface area contributed by atoms with Crippen LogP contribution in [0.1, 0.15) is 22.9 Å². The highest BCUT2D eigenvalue weighted by Crippen LogP contribution is 2.34. The number of nitrogens with zero attached hydrogens (tertiary/aromatic N) is 1. The number of nitro groups is 1. The number of carboxylic acid groups (broad SMARTS) is 1. The molecule has 4 rings (SSSR count). The molecule has 2 aromatic carbocycles. The predicted molar refractivity (Wildman–Crippen MR) is 87.7 cm³/mol. The van der Waals surface area contributed by atoms with E-state index in [1.54, 1.807) is 23.5 Å². The van der Waals surface area contributed by atoms with Crippen molar-refractivity contribution < 1.29 is 20.1 Å². The number of H-pyrrole nitrogens is 1. The highest BCUT2D eigenvalue weighted by Gasteiger charge is 2.37. The van der Waals surface area contributed by atoms with Crippen molar-refractivity contribution in [2.75, 3.05) is 0 Å². The Balaban J connectivity index is 1.94. The summed E-state index contributed by atoms with van der Waals surface area (Å²) in [6.07, 6.45) is 0.318. The Labute approximate surface area is 142 Å². The van der Waals surface area contributed by atoms with Crippen molar-refractivity contribution in [2.45, 2.75) is 18.5 Å². The average Bonchev–Trinajstić information content (AvgIpc) is 2.99. The first-order valence-corrected chi connectivity index (χ1v) is 7.95. The van der Waals surface area contributed by atoms with Gasteiger partial charge in [-0.3, -0.25) is 10.1 Å². The minimum Gasteiger partial charge on any atom is -0.544 e. The molecule has 2 heterocycles. The molecule has 0 bridgehead atoms. The maximum Gasteiger partial charge on any atom is 0.278 e. The van der Waals surface area contributed by atoms with Crippen molar-refractivity contribution in [3.05, 3.63) is 75.5 Å². The molecule has 0 spiro atoms. The second kappa shape index (κ2) is 5.71. The number of benzene rings is 2. The third-order valence-corrected chi connectivity index (χ3v) is 4.78. The Morgan fingerprint density at radius 2 is 1.88 bits per heavy atom. The third kappa shape index (κ3) is 2.45. The van der Waals surface area contributed by atoms with Gasteiger partial charge < -0.3 is 20.2 Å². The predicted octanol–water partition coefficient (Wildman–Crippen LogP) is 0.403. The number of carboxylic acids is 1. The summed E-state index contributed by atoms with van der Waals surface area (Å²) in [7, 11) is 0. The fraction of sp³-hybridized carbons (Fsp3) is 0.167. The number of aromatic nitrogens is 1. The highest BCUT2D eigenvalue weighted by atomic mass is 16.6. The van der Waals surface area contributed by atoms with Crippen molar-refractivity contribution in [1.82, 2.24) is 4.98 Å². The number of carbonyl (C=O) groups excluding carboxylic acids is 1. The number of fused-ring (bicyclic) bond motifs is 3. The standard InChI is InChI=1S/C18H15N3O4/c22-18(23)14-9-12-10-5-1-3-7-13(10)19-17(12)16(20-14)11-6-2-4-8-15(11)21(24)25/h1-8,14,16,19-20H,9H2,(H,22,23)/t14-,16-/m1/s1. The van der Waals surface area contributed by atoms with E-state index in [0.29, 0.717) is 12.0 Å². The van der Waals surface area contributed by atoms with Crippen LogP contribution >= 0.6 is 0 Å². The first-order valence-electron chi connectivity index (χ1n) is 7.95. The van der Waals surface area contributed by atoms with Gasteiger partial charge in [-0.15, -0.1) is 0 Å². The lowest BCUT2D eigenvalue weighted by Gasteiger charge is -2.28. The molecule has 0 unspecified atom stereocenters. The van der Waals surface area contributed by atoms with Crippen LogP contribution in [0.5, 0.6) is 0 Å². The smallest absolute Gasteiger partial charge is 0.278 e. The number of aliphatic carboxylic acids is 1. The van der Waals surface area contributed by atoms with Gasteiger partial charge in [0, 0.05) is 23.4 Å². The Morgan fingerprint density at radius 1 is 1.16 bits per heavy atom. The Kier molecular flexibility index (Phi) is 3.51. The fourth-order valence-corrected chi connectivity index (χ4v) is 3.66. The zero-order valence-electron chi connectivity index (χ0n) is 13.1. The van der Waals surface area contributed by atoms with Gasteiger partial charge in [0.05, 0.1) is 22.1 Å². The number of para-hydroxylation sites is 2. The van der Waals surface area contributed by atoms with Crippen molar-refractivity contribution in [1.29, 1.82) is 0 Å².